The summed E-state index contributed by atoms with van der Waals surface area (Å²) in [7, 11) is 1.57. The number of nitrogens with one attached hydrogen (secondary N) is 1. The molecule has 1 aromatic carbocycles. The molecular formula is C17H21ClN2O2S. The predicted octanol–water partition coefficient (Wildman–Crippen LogP) is 4.14. The van der Waals surface area contributed by atoms with Crippen LogP contribution in [0.5, 0.6) is 5.75 Å². The molecule has 0 saturated heterocycles. The van der Waals surface area contributed by atoms with Crippen molar-refractivity contribution < 1.29 is 9.53 Å². The highest BCUT2D eigenvalue weighted by atomic mass is 35.5. The smallest absolute Gasteiger partial charge is 0.256 e. The number of rotatable bonds is 3. The lowest BCUT2D eigenvalue weighted by molar-refractivity contribution is 0.102. The Morgan fingerprint density at radius 2 is 2.22 bits per heavy atom. The van der Waals surface area contributed by atoms with Crippen LogP contribution in [0.2, 0.25) is 0 Å². The third-order valence-electron chi connectivity index (χ3n) is 4.13. The van der Waals surface area contributed by atoms with Crippen molar-refractivity contribution >= 4 is 41.0 Å². The van der Waals surface area contributed by atoms with Gasteiger partial charge in [-0.1, -0.05) is 6.92 Å². The van der Waals surface area contributed by atoms with Crippen molar-refractivity contribution in [1.29, 1.82) is 0 Å². The summed E-state index contributed by atoms with van der Waals surface area (Å²) in [6.45, 7) is 2.27. The summed E-state index contributed by atoms with van der Waals surface area (Å²) in [5, 5.41) is 4.91. The van der Waals surface area contributed by atoms with Crippen LogP contribution in [-0.4, -0.2) is 13.0 Å². The topological polar surface area (TPSA) is 64.3 Å². The Morgan fingerprint density at radius 3 is 2.91 bits per heavy atom. The third-order valence-corrected chi connectivity index (χ3v) is 5.19. The van der Waals surface area contributed by atoms with E-state index in [0.717, 1.165) is 24.8 Å². The number of benzene rings is 1. The summed E-state index contributed by atoms with van der Waals surface area (Å²) in [4.78, 5) is 13.9. The van der Waals surface area contributed by atoms with Crippen molar-refractivity contribution in [1.82, 2.24) is 0 Å². The average Bonchev–Trinajstić information content (AvgIpc) is 2.90. The number of nitrogens with two attached hydrogens (primary N) is 1. The predicted molar refractivity (Wildman–Crippen MR) is 98.1 cm³/mol. The number of thiophene rings is 1. The molecule has 3 rings (SSSR count). The van der Waals surface area contributed by atoms with Gasteiger partial charge >= 0.3 is 0 Å². The fraction of sp³-hybridized carbons (Fsp3) is 0.353. The van der Waals surface area contributed by atoms with Crippen LogP contribution in [0.1, 0.15) is 34.1 Å². The number of anilines is 2. The Hall–Kier alpha value is -1.72. The van der Waals surface area contributed by atoms with Gasteiger partial charge in [0.05, 0.1) is 18.4 Å². The maximum absolute atomic E-state index is 12.5. The van der Waals surface area contributed by atoms with Gasteiger partial charge in [0.25, 0.3) is 5.91 Å². The highest BCUT2D eigenvalue weighted by Crippen LogP contribution is 2.33. The molecule has 6 heteroatoms. The van der Waals surface area contributed by atoms with Gasteiger partial charge in [-0.15, -0.1) is 23.7 Å². The van der Waals surface area contributed by atoms with E-state index in [-0.39, 0.29) is 18.3 Å². The second-order valence-corrected chi connectivity index (χ2v) is 6.77. The second-order valence-electron chi connectivity index (χ2n) is 5.81. The summed E-state index contributed by atoms with van der Waals surface area (Å²) >= 11 is 1.70. The van der Waals surface area contributed by atoms with Crippen LogP contribution in [0.3, 0.4) is 0 Å². The van der Waals surface area contributed by atoms with Gasteiger partial charge in [-0.05, 0) is 48.9 Å². The molecule has 23 heavy (non-hydrogen) atoms. The van der Waals surface area contributed by atoms with E-state index in [0.29, 0.717) is 23.0 Å². The molecule has 0 fully saturated rings. The van der Waals surface area contributed by atoms with E-state index in [9.17, 15) is 4.79 Å². The molecule has 0 bridgehead atoms. The van der Waals surface area contributed by atoms with Crippen molar-refractivity contribution in [2.45, 2.75) is 26.2 Å². The standard InChI is InChI=1S/C17H20N2O2S.ClH/c1-10-3-5-12-13(9-22-16(12)7-10)17(20)19-11-4-6-15(21-2)14(18)8-11;/h4,6,8-10H,3,5,7,18H2,1-2H3,(H,19,20);1H. The highest BCUT2D eigenvalue weighted by molar-refractivity contribution is 7.10. The molecule has 1 atom stereocenters. The van der Waals surface area contributed by atoms with E-state index in [1.807, 2.05) is 5.38 Å². The van der Waals surface area contributed by atoms with Crippen LogP contribution in [0.15, 0.2) is 23.6 Å². The molecule has 1 aromatic heterocycles. The summed E-state index contributed by atoms with van der Waals surface area (Å²) < 4.78 is 5.13. The number of hydrogen-bond acceptors (Lipinski definition) is 4. The normalized spacial score (nSPS) is 16.2. The van der Waals surface area contributed by atoms with Gasteiger partial charge in [-0.2, -0.15) is 0 Å². The average molecular weight is 353 g/mol. The number of hydrogen-bond donors (Lipinski definition) is 2. The molecule has 0 radical (unpaired) electrons. The second kappa shape index (κ2) is 7.23. The Labute approximate surface area is 146 Å². The minimum Gasteiger partial charge on any atom is -0.495 e. The maximum Gasteiger partial charge on any atom is 0.256 e. The molecule has 1 amide bonds. The van der Waals surface area contributed by atoms with E-state index in [1.165, 1.54) is 10.4 Å². The van der Waals surface area contributed by atoms with Crippen molar-refractivity contribution in [3.05, 3.63) is 39.6 Å². The van der Waals surface area contributed by atoms with Crippen molar-refractivity contribution in [2.75, 3.05) is 18.2 Å². The van der Waals surface area contributed by atoms with Gasteiger partial charge in [0.2, 0.25) is 0 Å². The third kappa shape index (κ3) is 3.62. The van der Waals surface area contributed by atoms with E-state index < -0.39 is 0 Å². The van der Waals surface area contributed by atoms with Crippen LogP contribution >= 0.6 is 23.7 Å². The molecule has 1 heterocycles. The lowest BCUT2D eigenvalue weighted by atomic mass is 9.88. The van der Waals surface area contributed by atoms with Crippen LogP contribution in [0.4, 0.5) is 11.4 Å². The number of fused-ring (bicyclic) bond motifs is 1. The lowest BCUT2D eigenvalue weighted by Crippen LogP contribution is -2.16. The number of amides is 1. The molecule has 4 nitrogen and oxygen atoms in total. The molecule has 2 aromatic rings. The Bertz CT molecular complexity index is 715. The Balaban J connectivity index is 0.00000192. The van der Waals surface area contributed by atoms with Crippen LogP contribution in [-0.2, 0) is 12.8 Å². The Kier molecular flexibility index (Phi) is 5.55. The zero-order valence-corrected chi connectivity index (χ0v) is 14.9. The monoisotopic (exact) mass is 352 g/mol. The fourth-order valence-electron chi connectivity index (χ4n) is 2.88. The maximum atomic E-state index is 12.5. The first kappa shape index (κ1) is 17.6. The zero-order valence-electron chi connectivity index (χ0n) is 13.2. The first-order valence-electron chi connectivity index (χ1n) is 7.42. The van der Waals surface area contributed by atoms with Crippen LogP contribution < -0.4 is 15.8 Å². The van der Waals surface area contributed by atoms with Gasteiger partial charge in [0.1, 0.15) is 5.75 Å². The molecule has 124 valence electrons. The SMILES string of the molecule is COc1ccc(NC(=O)c2csc3c2CCC(C)C3)cc1N.Cl. The highest BCUT2D eigenvalue weighted by Gasteiger charge is 2.23. The minimum absolute atomic E-state index is 0. The number of nitrogen functional groups attached to an aromatic ring is 1. The first-order chi connectivity index (χ1) is 10.6. The van der Waals surface area contributed by atoms with Gasteiger partial charge in [0.15, 0.2) is 0 Å². The zero-order chi connectivity index (χ0) is 15.7. The van der Waals surface area contributed by atoms with E-state index >= 15 is 0 Å². The lowest BCUT2D eigenvalue weighted by Gasteiger charge is -2.18. The molecule has 0 aliphatic heterocycles. The summed E-state index contributed by atoms with van der Waals surface area (Å²) in [6, 6.07) is 5.28. The Morgan fingerprint density at radius 1 is 1.43 bits per heavy atom. The van der Waals surface area contributed by atoms with Gasteiger partial charge in [-0.3, -0.25) is 4.79 Å². The quantitative estimate of drug-likeness (QED) is 0.816. The molecule has 3 N–H and O–H groups in total. The van der Waals surface area contributed by atoms with Crippen molar-refractivity contribution in [2.24, 2.45) is 5.92 Å². The van der Waals surface area contributed by atoms with Crippen LogP contribution in [0.25, 0.3) is 0 Å². The molecule has 0 spiro atoms. The number of halogens is 1. The number of carbonyl (C=O) groups is 1. The van der Waals surface area contributed by atoms with E-state index in [2.05, 4.69) is 12.2 Å². The van der Waals surface area contributed by atoms with Gasteiger partial charge < -0.3 is 15.8 Å². The number of ether oxygens (including phenoxy) is 1. The molecule has 1 aliphatic carbocycles. The van der Waals surface area contributed by atoms with E-state index in [4.69, 9.17) is 10.5 Å². The molecule has 1 aliphatic rings. The summed E-state index contributed by atoms with van der Waals surface area (Å²) in [5.74, 6) is 1.26. The number of methoxy groups -OCH3 is 1. The largest absolute Gasteiger partial charge is 0.495 e. The number of carbonyl (C=O) groups excluding carboxylic acids is 1. The van der Waals surface area contributed by atoms with E-state index in [1.54, 1.807) is 36.6 Å². The van der Waals surface area contributed by atoms with Gasteiger partial charge in [-0.25, -0.2) is 0 Å². The van der Waals surface area contributed by atoms with Gasteiger partial charge in [0, 0.05) is 15.9 Å². The summed E-state index contributed by atoms with van der Waals surface area (Å²) in [5.41, 5.74) is 9.11. The fourth-order valence-corrected chi connectivity index (χ4v) is 4.12. The molecule has 0 saturated carbocycles. The molecular weight excluding hydrogens is 332 g/mol. The van der Waals surface area contributed by atoms with Crippen molar-refractivity contribution in [3.63, 3.8) is 0 Å². The first-order valence-corrected chi connectivity index (χ1v) is 8.30. The summed E-state index contributed by atoms with van der Waals surface area (Å²) in [6.07, 6.45) is 3.23. The minimum atomic E-state index is -0.0587. The molecule has 1 unspecified atom stereocenters. The van der Waals surface area contributed by atoms with Crippen LogP contribution in [0, 0.1) is 5.92 Å². The van der Waals surface area contributed by atoms with Crippen molar-refractivity contribution in [3.8, 4) is 5.75 Å².